The Kier molecular flexibility index (Phi) is 4.64. The molecule has 7 heteroatoms. The van der Waals surface area contributed by atoms with Crippen molar-refractivity contribution in [3.8, 4) is 5.88 Å². The zero-order valence-corrected chi connectivity index (χ0v) is 14.1. The number of hydrogen-bond donors (Lipinski definition) is 0. The van der Waals surface area contributed by atoms with E-state index in [0.29, 0.717) is 24.4 Å². The van der Waals surface area contributed by atoms with Crippen LogP contribution in [-0.4, -0.2) is 42.7 Å². The number of ketones is 1. The van der Waals surface area contributed by atoms with Crippen LogP contribution in [0.25, 0.3) is 0 Å². The number of Topliss-reactive ketones (excluding diaryl/α,β-unsaturated/α-hetero) is 1. The molecular weight excluding hydrogens is 328 g/mol. The molecule has 126 valence electrons. The van der Waals surface area contributed by atoms with Crippen molar-refractivity contribution in [3.63, 3.8) is 0 Å². The number of carbonyl (C=O) groups is 1. The second kappa shape index (κ2) is 6.70. The average Bonchev–Trinajstić information content (AvgIpc) is 3.05. The van der Waals surface area contributed by atoms with Gasteiger partial charge in [-0.05, 0) is 31.5 Å². The Balaban J connectivity index is 1.71. The molecule has 1 atom stereocenters. The highest BCUT2D eigenvalue weighted by molar-refractivity contribution is 7.89. The van der Waals surface area contributed by atoms with E-state index in [2.05, 4.69) is 4.98 Å². The number of aromatic nitrogens is 1. The molecule has 1 aliphatic heterocycles. The number of sulfonamides is 1. The number of carbonyl (C=O) groups excluding carboxylic acids is 1. The fourth-order valence-electron chi connectivity index (χ4n) is 2.61. The van der Waals surface area contributed by atoms with E-state index in [1.807, 2.05) is 6.07 Å². The zero-order valence-electron chi connectivity index (χ0n) is 13.3. The summed E-state index contributed by atoms with van der Waals surface area (Å²) < 4.78 is 32.5. The highest BCUT2D eigenvalue weighted by Gasteiger charge is 2.33. The number of nitrogens with zero attached hydrogens (tertiary/aromatic N) is 2. The smallest absolute Gasteiger partial charge is 0.243 e. The van der Waals surface area contributed by atoms with E-state index in [-0.39, 0.29) is 23.3 Å². The third-order valence-corrected chi connectivity index (χ3v) is 5.81. The van der Waals surface area contributed by atoms with Crippen molar-refractivity contribution >= 4 is 15.8 Å². The summed E-state index contributed by atoms with van der Waals surface area (Å²) in [5, 5.41) is 0. The SMILES string of the molecule is CC(=O)c1ccc(S(=O)(=O)N2CC[C@H](Oc3ccccn3)C2)cc1. The first-order chi connectivity index (χ1) is 11.5. The lowest BCUT2D eigenvalue weighted by Gasteiger charge is -2.17. The van der Waals surface area contributed by atoms with E-state index in [4.69, 9.17) is 4.74 Å². The van der Waals surface area contributed by atoms with Crippen molar-refractivity contribution in [2.24, 2.45) is 0 Å². The summed E-state index contributed by atoms with van der Waals surface area (Å²) >= 11 is 0. The molecule has 1 aromatic heterocycles. The first-order valence-electron chi connectivity index (χ1n) is 7.65. The lowest BCUT2D eigenvalue weighted by molar-refractivity contribution is 0.101. The molecular formula is C17H18N2O4S. The van der Waals surface area contributed by atoms with Gasteiger partial charge in [-0.3, -0.25) is 4.79 Å². The van der Waals surface area contributed by atoms with Gasteiger partial charge in [0.1, 0.15) is 6.10 Å². The summed E-state index contributed by atoms with van der Waals surface area (Å²) in [6.45, 7) is 2.13. The Morgan fingerprint density at radius 2 is 1.96 bits per heavy atom. The highest BCUT2D eigenvalue weighted by Crippen LogP contribution is 2.23. The number of ether oxygens (including phenoxy) is 1. The molecule has 0 bridgehead atoms. The van der Waals surface area contributed by atoms with E-state index >= 15 is 0 Å². The van der Waals surface area contributed by atoms with Crippen LogP contribution in [0.15, 0.2) is 53.6 Å². The second-order valence-electron chi connectivity index (χ2n) is 5.64. The van der Waals surface area contributed by atoms with Crippen molar-refractivity contribution in [1.82, 2.24) is 9.29 Å². The minimum absolute atomic E-state index is 0.0936. The Labute approximate surface area is 141 Å². The fourth-order valence-corrected chi connectivity index (χ4v) is 4.10. The number of rotatable bonds is 5. The quantitative estimate of drug-likeness (QED) is 0.775. The molecule has 0 saturated carbocycles. The van der Waals surface area contributed by atoms with Gasteiger partial charge >= 0.3 is 0 Å². The second-order valence-corrected chi connectivity index (χ2v) is 7.58. The molecule has 0 amide bonds. The van der Waals surface area contributed by atoms with Crippen molar-refractivity contribution in [2.45, 2.75) is 24.3 Å². The van der Waals surface area contributed by atoms with E-state index in [9.17, 15) is 13.2 Å². The van der Waals surface area contributed by atoms with Gasteiger partial charge < -0.3 is 4.74 Å². The largest absolute Gasteiger partial charge is 0.473 e. The van der Waals surface area contributed by atoms with Gasteiger partial charge in [0.2, 0.25) is 15.9 Å². The number of hydrogen-bond acceptors (Lipinski definition) is 5. The van der Waals surface area contributed by atoms with Crippen LogP contribution in [0.5, 0.6) is 5.88 Å². The summed E-state index contributed by atoms with van der Waals surface area (Å²) in [6, 6.07) is 11.4. The summed E-state index contributed by atoms with van der Waals surface area (Å²) in [4.78, 5) is 15.6. The van der Waals surface area contributed by atoms with Crippen molar-refractivity contribution in [3.05, 3.63) is 54.2 Å². The molecule has 1 aliphatic rings. The van der Waals surface area contributed by atoms with Crippen LogP contribution in [0.3, 0.4) is 0 Å². The predicted octanol–water partition coefficient (Wildman–Crippen LogP) is 2.13. The molecule has 24 heavy (non-hydrogen) atoms. The Hall–Kier alpha value is -2.25. The van der Waals surface area contributed by atoms with Gasteiger partial charge in [0.15, 0.2) is 5.78 Å². The van der Waals surface area contributed by atoms with Crippen LogP contribution < -0.4 is 4.74 Å². The number of benzene rings is 1. The Bertz CT molecular complexity index is 819. The van der Waals surface area contributed by atoms with Crippen molar-refractivity contribution in [1.29, 1.82) is 0 Å². The molecule has 2 aromatic rings. The highest BCUT2D eigenvalue weighted by atomic mass is 32.2. The standard InChI is InChI=1S/C17H18N2O4S/c1-13(20)14-5-7-16(8-6-14)24(21,22)19-11-9-15(12-19)23-17-4-2-3-10-18-17/h2-8,10,15H,9,11-12H2,1H3/t15-/m0/s1. The summed E-state index contributed by atoms with van der Waals surface area (Å²) in [5.41, 5.74) is 0.492. The van der Waals surface area contributed by atoms with Crippen LogP contribution in [0.2, 0.25) is 0 Å². The van der Waals surface area contributed by atoms with Gasteiger partial charge in [-0.15, -0.1) is 0 Å². The van der Waals surface area contributed by atoms with Crippen LogP contribution >= 0.6 is 0 Å². The molecule has 2 heterocycles. The molecule has 1 fully saturated rings. The summed E-state index contributed by atoms with van der Waals surface area (Å²) in [6.07, 6.45) is 2.03. The number of pyridine rings is 1. The zero-order chi connectivity index (χ0) is 17.2. The lowest BCUT2D eigenvalue weighted by Crippen LogP contribution is -2.31. The monoisotopic (exact) mass is 346 g/mol. The third kappa shape index (κ3) is 3.47. The molecule has 3 rings (SSSR count). The molecule has 0 aliphatic carbocycles. The van der Waals surface area contributed by atoms with Gasteiger partial charge in [0.25, 0.3) is 0 Å². The fraction of sp³-hybridized carbons (Fsp3) is 0.294. The first kappa shape index (κ1) is 16.6. The van der Waals surface area contributed by atoms with E-state index in [1.165, 1.54) is 35.5 Å². The van der Waals surface area contributed by atoms with Gasteiger partial charge in [0, 0.05) is 24.4 Å². The molecule has 1 saturated heterocycles. The Morgan fingerprint density at radius 1 is 1.21 bits per heavy atom. The van der Waals surface area contributed by atoms with E-state index in [0.717, 1.165) is 0 Å². The minimum Gasteiger partial charge on any atom is -0.473 e. The lowest BCUT2D eigenvalue weighted by atomic mass is 10.2. The predicted molar refractivity (Wildman–Crippen MR) is 88.5 cm³/mol. The molecule has 0 unspecified atom stereocenters. The van der Waals surface area contributed by atoms with Crippen LogP contribution in [0.1, 0.15) is 23.7 Å². The molecule has 0 radical (unpaired) electrons. The van der Waals surface area contributed by atoms with Crippen LogP contribution in [0.4, 0.5) is 0 Å². The van der Waals surface area contributed by atoms with E-state index < -0.39 is 10.0 Å². The van der Waals surface area contributed by atoms with Crippen molar-refractivity contribution < 1.29 is 17.9 Å². The van der Waals surface area contributed by atoms with Crippen LogP contribution in [-0.2, 0) is 10.0 Å². The molecule has 0 N–H and O–H groups in total. The van der Waals surface area contributed by atoms with Gasteiger partial charge in [-0.25, -0.2) is 13.4 Å². The maximum Gasteiger partial charge on any atom is 0.243 e. The molecule has 0 spiro atoms. The first-order valence-corrected chi connectivity index (χ1v) is 9.09. The third-order valence-electron chi connectivity index (χ3n) is 3.93. The van der Waals surface area contributed by atoms with Gasteiger partial charge in [-0.1, -0.05) is 18.2 Å². The maximum atomic E-state index is 12.7. The maximum absolute atomic E-state index is 12.7. The minimum atomic E-state index is -3.58. The summed E-state index contributed by atoms with van der Waals surface area (Å²) in [5.74, 6) is 0.400. The topological polar surface area (TPSA) is 76.6 Å². The van der Waals surface area contributed by atoms with Crippen molar-refractivity contribution in [2.75, 3.05) is 13.1 Å². The molecule has 6 nitrogen and oxygen atoms in total. The molecule has 1 aromatic carbocycles. The van der Waals surface area contributed by atoms with Gasteiger partial charge in [0.05, 0.1) is 11.4 Å². The normalized spacial score (nSPS) is 18.5. The van der Waals surface area contributed by atoms with E-state index in [1.54, 1.807) is 18.3 Å². The van der Waals surface area contributed by atoms with Crippen LogP contribution in [0, 0.1) is 0 Å². The average molecular weight is 346 g/mol. The Morgan fingerprint density at radius 3 is 2.58 bits per heavy atom. The van der Waals surface area contributed by atoms with Gasteiger partial charge in [-0.2, -0.15) is 4.31 Å². The summed E-state index contributed by atoms with van der Waals surface area (Å²) in [7, 11) is -3.58.